The molecular formula is C14H19N3O2. The van der Waals surface area contributed by atoms with Crippen LogP contribution in [0.15, 0.2) is 30.3 Å². The first-order chi connectivity index (χ1) is 9.22. The van der Waals surface area contributed by atoms with Crippen LogP contribution in [0.1, 0.15) is 12.8 Å². The van der Waals surface area contributed by atoms with Gasteiger partial charge in [0.1, 0.15) is 6.04 Å². The summed E-state index contributed by atoms with van der Waals surface area (Å²) in [5, 5.41) is 5.71. The molecule has 5 nitrogen and oxygen atoms in total. The minimum atomic E-state index is -0.385. The molecule has 102 valence electrons. The number of nitrogens with one attached hydrogen (secondary N) is 2. The van der Waals surface area contributed by atoms with Crippen molar-refractivity contribution in [3.05, 3.63) is 30.3 Å². The van der Waals surface area contributed by atoms with Crippen LogP contribution in [0.2, 0.25) is 0 Å². The molecule has 1 aliphatic heterocycles. The van der Waals surface area contributed by atoms with Gasteiger partial charge < -0.3 is 15.5 Å². The van der Waals surface area contributed by atoms with E-state index in [1.165, 1.54) is 0 Å². The van der Waals surface area contributed by atoms with Gasteiger partial charge in [0.05, 0.1) is 0 Å². The summed E-state index contributed by atoms with van der Waals surface area (Å²) >= 11 is 0. The van der Waals surface area contributed by atoms with Gasteiger partial charge in [0, 0.05) is 25.2 Å². The third kappa shape index (κ3) is 3.32. The van der Waals surface area contributed by atoms with Crippen molar-refractivity contribution in [3.63, 3.8) is 0 Å². The first-order valence-corrected chi connectivity index (χ1v) is 6.53. The fraction of sp³-hybridized carbons (Fsp3) is 0.429. The summed E-state index contributed by atoms with van der Waals surface area (Å²) in [6, 6.07) is 9.15. The molecule has 1 atom stereocenters. The van der Waals surface area contributed by atoms with Crippen LogP contribution >= 0.6 is 0 Å². The Morgan fingerprint density at radius 1 is 1.37 bits per heavy atom. The van der Waals surface area contributed by atoms with Crippen molar-refractivity contribution >= 4 is 17.5 Å². The Bertz CT molecular complexity index is 447. The fourth-order valence-electron chi connectivity index (χ4n) is 2.18. The van der Waals surface area contributed by atoms with Crippen molar-refractivity contribution in [2.45, 2.75) is 18.9 Å². The van der Waals surface area contributed by atoms with Gasteiger partial charge in [-0.15, -0.1) is 0 Å². The van der Waals surface area contributed by atoms with E-state index in [-0.39, 0.29) is 17.9 Å². The van der Waals surface area contributed by atoms with E-state index in [4.69, 9.17) is 0 Å². The predicted octanol–water partition coefficient (Wildman–Crippen LogP) is 0.518. The van der Waals surface area contributed by atoms with E-state index in [1.807, 2.05) is 30.3 Å². The number of amides is 2. The average Bonchev–Trinajstić information content (AvgIpc) is 2.79. The van der Waals surface area contributed by atoms with Gasteiger partial charge in [0.15, 0.2) is 0 Å². The second-order valence-corrected chi connectivity index (χ2v) is 4.59. The van der Waals surface area contributed by atoms with E-state index >= 15 is 0 Å². The van der Waals surface area contributed by atoms with E-state index < -0.39 is 0 Å². The fourth-order valence-corrected chi connectivity index (χ4v) is 2.18. The second-order valence-electron chi connectivity index (χ2n) is 4.59. The first kappa shape index (κ1) is 13.5. The number of hydrogen-bond donors (Lipinski definition) is 2. The third-order valence-electron chi connectivity index (χ3n) is 3.21. The van der Waals surface area contributed by atoms with E-state index in [2.05, 4.69) is 10.6 Å². The van der Waals surface area contributed by atoms with Crippen molar-refractivity contribution in [2.24, 2.45) is 0 Å². The standard InChI is InChI=1S/C14H19N3O2/c1-15-9-7-13(18)16-12-8-10-17(14(12)19)11-5-3-2-4-6-11/h2-6,12,15H,7-10H2,1H3,(H,16,18). The molecule has 1 aliphatic rings. The SMILES string of the molecule is CNCCC(=O)NC1CCN(c2ccccc2)C1=O. The highest BCUT2D eigenvalue weighted by molar-refractivity contribution is 6.01. The summed E-state index contributed by atoms with van der Waals surface area (Å²) < 4.78 is 0. The molecule has 19 heavy (non-hydrogen) atoms. The van der Waals surface area contributed by atoms with Gasteiger partial charge >= 0.3 is 0 Å². The number of rotatable bonds is 5. The lowest BCUT2D eigenvalue weighted by atomic mass is 10.2. The quantitative estimate of drug-likeness (QED) is 0.812. The molecule has 1 saturated heterocycles. The zero-order chi connectivity index (χ0) is 13.7. The normalized spacial score (nSPS) is 18.7. The lowest BCUT2D eigenvalue weighted by molar-refractivity contribution is -0.126. The van der Waals surface area contributed by atoms with Crippen LogP contribution in [-0.4, -0.2) is 38.0 Å². The summed E-state index contributed by atoms with van der Waals surface area (Å²) in [4.78, 5) is 25.6. The summed E-state index contributed by atoms with van der Waals surface area (Å²) in [7, 11) is 1.80. The lowest BCUT2D eigenvalue weighted by Gasteiger charge is -2.17. The number of carbonyl (C=O) groups is 2. The molecule has 0 radical (unpaired) electrons. The van der Waals surface area contributed by atoms with Gasteiger partial charge in [-0.1, -0.05) is 18.2 Å². The van der Waals surface area contributed by atoms with Crippen molar-refractivity contribution in [1.82, 2.24) is 10.6 Å². The van der Waals surface area contributed by atoms with Crippen LogP contribution < -0.4 is 15.5 Å². The first-order valence-electron chi connectivity index (χ1n) is 6.53. The Morgan fingerprint density at radius 2 is 2.11 bits per heavy atom. The molecule has 0 bridgehead atoms. The smallest absolute Gasteiger partial charge is 0.249 e. The van der Waals surface area contributed by atoms with Gasteiger partial charge in [0.2, 0.25) is 11.8 Å². The number of hydrogen-bond acceptors (Lipinski definition) is 3. The molecule has 1 aromatic carbocycles. The molecule has 0 saturated carbocycles. The minimum absolute atomic E-state index is 0.0241. The molecule has 2 rings (SSSR count). The topological polar surface area (TPSA) is 61.4 Å². The molecule has 1 heterocycles. The van der Waals surface area contributed by atoms with Crippen molar-refractivity contribution in [3.8, 4) is 0 Å². The Kier molecular flexibility index (Phi) is 4.52. The van der Waals surface area contributed by atoms with Crippen molar-refractivity contribution in [1.29, 1.82) is 0 Å². The largest absolute Gasteiger partial charge is 0.344 e. The molecule has 2 N–H and O–H groups in total. The van der Waals surface area contributed by atoms with Gasteiger partial charge in [-0.3, -0.25) is 9.59 Å². The summed E-state index contributed by atoms with van der Waals surface area (Å²) in [5.41, 5.74) is 0.888. The Morgan fingerprint density at radius 3 is 2.79 bits per heavy atom. The average molecular weight is 261 g/mol. The lowest BCUT2D eigenvalue weighted by Crippen LogP contribution is -2.42. The second kappa shape index (κ2) is 6.33. The van der Waals surface area contributed by atoms with Gasteiger partial charge in [-0.05, 0) is 25.6 Å². The molecule has 2 amide bonds. The zero-order valence-electron chi connectivity index (χ0n) is 11.1. The molecule has 5 heteroatoms. The third-order valence-corrected chi connectivity index (χ3v) is 3.21. The highest BCUT2D eigenvalue weighted by atomic mass is 16.2. The Balaban J connectivity index is 1.93. The van der Waals surface area contributed by atoms with E-state index in [1.54, 1.807) is 11.9 Å². The van der Waals surface area contributed by atoms with Crippen LogP contribution in [0.25, 0.3) is 0 Å². The number of para-hydroxylation sites is 1. The van der Waals surface area contributed by atoms with E-state index in [0.29, 0.717) is 25.9 Å². The molecule has 0 spiro atoms. The zero-order valence-corrected chi connectivity index (χ0v) is 11.1. The predicted molar refractivity (Wildman–Crippen MR) is 73.9 cm³/mol. The van der Waals surface area contributed by atoms with Crippen LogP contribution in [0, 0.1) is 0 Å². The van der Waals surface area contributed by atoms with Gasteiger partial charge in [-0.2, -0.15) is 0 Å². The highest BCUT2D eigenvalue weighted by Gasteiger charge is 2.33. The summed E-state index contributed by atoms with van der Waals surface area (Å²) in [6.07, 6.45) is 1.06. The number of anilines is 1. The maximum atomic E-state index is 12.2. The van der Waals surface area contributed by atoms with E-state index in [0.717, 1.165) is 5.69 Å². The molecule has 1 unspecified atom stereocenters. The number of benzene rings is 1. The molecule has 0 aromatic heterocycles. The maximum absolute atomic E-state index is 12.2. The number of nitrogens with zero attached hydrogens (tertiary/aromatic N) is 1. The summed E-state index contributed by atoms with van der Waals surface area (Å²) in [5.74, 6) is -0.105. The molecular weight excluding hydrogens is 242 g/mol. The Labute approximate surface area is 113 Å². The minimum Gasteiger partial charge on any atom is -0.344 e. The highest BCUT2D eigenvalue weighted by Crippen LogP contribution is 2.20. The van der Waals surface area contributed by atoms with Crippen LogP contribution in [0.3, 0.4) is 0 Å². The Hall–Kier alpha value is -1.88. The van der Waals surface area contributed by atoms with Crippen molar-refractivity contribution < 1.29 is 9.59 Å². The molecule has 1 fully saturated rings. The van der Waals surface area contributed by atoms with Crippen LogP contribution in [0.4, 0.5) is 5.69 Å². The van der Waals surface area contributed by atoms with Crippen LogP contribution in [-0.2, 0) is 9.59 Å². The summed E-state index contributed by atoms with van der Waals surface area (Å²) in [6.45, 7) is 1.27. The van der Waals surface area contributed by atoms with Gasteiger partial charge in [-0.25, -0.2) is 0 Å². The monoisotopic (exact) mass is 261 g/mol. The maximum Gasteiger partial charge on any atom is 0.249 e. The van der Waals surface area contributed by atoms with Crippen LogP contribution in [0.5, 0.6) is 0 Å². The van der Waals surface area contributed by atoms with Gasteiger partial charge in [0.25, 0.3) is 0 Å². The molecule has 0 aliphatic carbocycles. The van der Waals surface area contributed by atoms with Crippen molar-refractivity contribution in [2.75, 3.05) is 25.0 Å². The molecule has 1 aromatic rings. The number of carbonyl (C=O) groups excluding carboxylic acids is 2. The van der Waals surface area contributed by atoms with E-state index in [9.17, 15) is 9.59 Å².